The van der Waals surface area contributed by atoms with Gasteiger partial charge in [0.15, 0.2) is 0 Å². The molecular weight excluding hydrogens is 280 g/mol. The van der Waals surface area contributed by atoms with Gasteiger partial charge in [-0.2, -0.15) is 0 Å². The van der Waals surface area contributed by atoms with Gasteiger partial charge in [0.05, 0.1) is 5.56 Å². The smallest absolute Gasteiger partial charge is 0.338 e. The largest absolute Gasteiger partial charge is 0.478 e. The summed E-state index contributed by atoms with van der Waals surface area (Å²) in [4.78, 5) is 22.6. The van der Waals surface area contributed by atoms with Gasteiger partial charge in [-0.3, -0.25) is 0 Å². The number of hydrogen-bond acceptors (Lipinski definition) is 3. The third-order valence-corrected chi connectivity index (χ3v) is 4.21. The Kier molecular flexibility index (Phi) is 5.75. The Bertz CT molecular complexity index is 537. The van der Waals surface area contributed by atoms with E-state index in [9.17, 15) is 9.59 Å². The number of aliphatic carboxylic acids is 1. The lowest BCUT2D eigenvalue weighted by Gasteiger charge is -2.27. The number of carbonyl (C=O) groups is 2. The molecule has 0 saturated heterocycles. The fraction of sp³-hybridized carbons (Fsp3) is 0.444. The summed E-state index contributed by atoms with van der Waals surface area (Å²) >= 11 is 0. The summed E-state index contributed by atoms with van der Waals surface area (Å²) < 4.78 is 5.56. The maximum Gasteiger partial charge on any atom is 0.338 e. The Balaban J connectivity index is 1.89. The first kappa shape index (κ1) is 16.3. The molecule has 0 unspecified atom stereocenters. The van der Waals surface area contributed by atoms with Crippen LogP contribution in [0, 0.1) is 5.92 Å². The molecular formula is C18H22O4. The molecule has 1 aliphatic carbocycles. The molecule has 1 aromatic rings. The van der Waals surface area contributed by atoms with E-state index < -0.39 is 5.97 Å². The average Bonchev–Trinajstić information content (AvgIpc) is 2.54. The van der Waals surface area contributed by atoms with Crippen LogP contribution in [-0.2, 0) is 9.53 Å². The van der Waals surface area contributed by atoms with Crippen molar-refractivity contribution >= 4 is 18.0 Å². The van der Waals surface area contributed by atoms with Gasteiger partial charge in [0, 0.05) is 6.08 Å². The molecule has 4 heteroatoms. The molecule has 0 heterocycles. The predicted molar refractivity (Wildman–Crippen MR) is 84.6 cm³/mol. The van der Waals surface area contributed by atoms with Crippen molar-refractivity contribution in [2.45, 2.75) is 45.1 Å². The van der Waals surface area contributed by atoms with E-state index in [1.54, 1.807) is 24.3 Å². The Labute approximate surface area is 130 Å². The summed E-state index contributed by atoms with van der Waals surface area (Å²) in [5.41, 5.74) is 1.24. The first-order valence-corrected chi connectivity index (χ1v) is 7.80. The standard InChI is InChI=1S/C18H22O4/c1-2-13-5-10-16(11-6-13)22-18(21)15-8-3-14(4-9-15)7-12-17(19)20/h3-4,7-9,12-13,16H,2,5-6,10-11H2,1H3,(H,19,20)/b12-7+. The SMILES string of the molecule is CCC1CCC(OC(=O)c2ccc(/C=C/C(=O)O)cc2)CC1. The van der Waals surface area contributed by atoms with Gasteiger partial charge in [-0.1, -0.05) is 25.5 Å². The molecule has 0 bridgehead atoms. The van der Waals surface area contributed by atoms with Crippen molar-refractivity contribution in [3.63, 3.8) is 0 Å². The number of hydrogen-bond donors (Lipinski definition) is 1. The van der Waals surface area contributed by atoms with Crippen molar-refractivity contribution < 1.29 is 19.4 Å². The highest BCUT2D eigenvalue weighted by atomic mass is 16.5. The van der Waals surface area contributed by atoms with Crippen molar-refractivity contribution in [1.82, 2.24) is 0 Å². The average molecular weight is 302 g/mol. The topological polar surface area (TPSA) is 63.6 Å². The van der Waals surface area contributed by atoms with Gasteiger partial charge in [0.25, 0.3) is 0 Å². The highest BCUT2D eigenvalue weighted by Crippen LogP contribution is 2.28. The molecule has 1 saturated carbocycles. The highest BCUT2D eigenvalue weighted by molar-refractivity contribution is 5.90. The summed E-state index contributed by atoms with van der Waals surface area (Å²) in [6.45, 7) is 2.21. The van der Waals surface area contributed by atoms with Gasteiger partial charge < -0.3 is 9.84 Å². The molecule has 1 aliphatic rings. The maximum absolute atomic E-state index is 12.1. The van der Waals surface area contributed by atoms with Crippen LogP contribution < -0.4 is 0 Å². The van der Waals surface area contributed by atoms with E-state index in [4.69, 9.17) is 9.84 Å². The number of rotatable bonds is 5. The van der Waals surface area contributed by atoms with Crippen LogP contribution in [0.2, 0.25) is 0 Å². The van der Waals surface area contributed by atoms with Crippen LogP contribution in [0.4, 0.5) is 0 Å². The van der Waals surface area contributed by atoms with Crippen LogP contribution in [0.3, 0.4) is 0 Å². The third-order valence-electron chi connectivity index (χ3n) is 4.21. The van der Waals surface area contributed by atoms with Crippen LogP contribution in [0.25, 0.3) is 6.08 Å². The lowest BCUT2D eigenvalue weighted by atomic mass is 9.86. The molecule has 2 rings (SSSR count). The zero-order valence-electron chi connectivity index (χ0n) is 12.8. The lowest BCUT2D eigenvalue weighted by molar-refractivity contribution is -0.131. The van der Waals surface area contributed by atoms with Crippen molar-refractivity contribution in [2.24, 2.45) is 5.92 Å². The van der Waals surface area contributed by atoms with Gasteiger partial charge in [0.1, 0.15) is 6.10 Å². The second kappa shape index (κ2) is 7.78. The predicted octanol–water partition coefficient (Wildman–Crippen LogP) is 3.91. The third kappa shape index (κ3) is 4.72. The Morgan fingerprint density at radius 3 is 2.36 bits per heavy atom. The zero-order valence-corrected chi connectivity index (χ0v) is 12.8. The number of benzene rings is 1. The van der Waals surface area contributed by atoms with Crippen molar-refractivity contribution in [3.05, 3.63) is 41.5 Å². The van der Waals surface area contributed by atoms with Gasteiger partial charge in [-0.25, -0.2) is 9.59 Å². The summed E-state index contributed by atoms with van der Waals surface area (Å²) in [6.07, 6.45) is 7.95. The summed E-state index contributed by atoms with van der Waals surface area (Å²) in [7, 11) is 0. The van der Waals surface area contributed by atoms with Gasteiger partial charge in [-0.15, -0.1) is 0 Å². The molecule has 0 aromatic heterocycles. The fourth-order valence-electron chi connectivity index (χ4n) is 2.78. The lowest BCUT2D eigenvalue weighted by Crippen LogP contribution is -2.24. The minimum atomic E-state index is -0.994. The number of carboxylic acid groups (broad SMARTS) is 1. The molecule has 1 N–H and O–H groups in total. The second-order valence-electron chi connectivity index (χ2n) is 5.75. The number of esters is 1. The van der Waals surface area contributed by atoms with Crippen LogP contribution in [0.15, 0.2) is 30.3 Å². The molecule has 0 spiro atoms. The molecule has 0 radical (unpaired) electrons. The van der Waals surface area contributed by atoms with Crippen LogP contribution >= 0.6 is 0 Å². The Hall–Kier alpha value is -2.10. The first-order valence-electron chi connectivity index (χ1n) is 7.80. The first-order chi connectivity index (χ1) is 10.6. The number of carbonyl (C=O) groups excluding carboxylic acids is 1. The highest BCUT2D eigenvalue weighted by Gasteiger charge is 2.23. The molecule has 118 valence electrons. The molecule has 22 heavy (non-hydrogen) atoms. The van der Waals surface area contributed by atoms with E-state index in [0.717, 1.165) is 43.2 Å². The zero-order chi connectivity index (χ0) is 15.9. The molecule has 0 aliphatic heterocycles. The van der Waals surface area contributed by atoms with E-state index in [0.29, 0.717) is 5.56 Å². The van der Waals surface area contributed by atoms with Crippen LogP contribution in [0.5, 0.6) is 0 Å². The molecule has 0 atom stereocenters. The summed E-state index contributed by atoms with van der Waals surface area (Å²) in [5, 5.41) is 8.58. The number of carboxylic acids is 1. The van der Waals surface area contributed by atoms with Crippen molar-refractivity contribution in [3.8, 4) is 0 Å². The Morgan fingerprint density at radius 2 is 1.82 bits per heavy atom. The second-order valence-corrected chi connectivity index (χ2v) is 5.75. The van der Waals surface area contributed by atoms with E-state index in [1.807, 2.05) is 0 Å². The monoisotopic (exact) mass is 302 g/mol. The van der Waals surface area contributed by atoms with Crippen molar-refractivity contribution in [1.29, 1.82) is 0 Å². The van der Waals surface area contributed by atoms with E-state index in [-0.39, 0.29) is 12.1 Å². The van der Waals surface area contributed by atoms with Crippen LogP contribution in [-0.4, -0.2) is 23.1 Å². The summed E-state index contributed by atoms with van der Waals surface area (Å²) in [6, 6.07) is 6.76. The normalized spacial score (nSPS) is 21.7. The van der Waals surface area contributed by atoms with E-state index in [1.165, 1.54) is 12.5 Å². The minimum absolute atomic E-state index is 0.0295. The van der Waals surface area contributed by atoms with Gasteiger partial charge >= 0.3 is 11.9 Å². The molecule has 1 aromatic carbocycles. The quantitative estimate of drug-likeness (QED) is 0.661. The minimum Gasteiger partial charge on any atom is -0.478 e. The molecule has 4 nitrogen and oxygen atoms in total. The number of ether oxygens (including phenoxy) is 1. The fourth-order valence-corrected chi connectivity index (χ4v) is 2.78. The summed E-state index contributed by atoms with van der Waals surface area (Å²) in [5.74, 6) is -0.518. The van der Waals surface area contributed by atoms with Crippen molar-refractivity contribution in [2.75, 3.05) is 0 Å². The maximum atomic E-state index is 12.1. The van der Waals surface area contributed by atoms with E-state index >= 15 is 0 Å². The van der Waals surface area contributed by atoms with Gasteiger partial charge in [-0.05, 0) is 55.4 Å². The molecule has 1 fully saturated rings. The Morgan fingerprint density at radius 1 is 1.18 bits per heavy atom. The van der Waals surface area contributed by atoms with Gasteiger partial charge in [0.2, 0.25) is 0 Å². The van der Waals surface area contributed by atoms with Crippen LogP contribution in [0.1, 0.15) is 54.9 Å². The van der Waals surface area contributed by atoms with E-state index in [2.05, 4.69) is 6.92 Å². The molecule has 0 amide bonds.